The average molecular weight is 908 g/mol. The minimum absolute atomic E-state index is 0.150. The fourth-order valence-electron chi connectivity index (χ4n) is 10.2. The van der Waals surface area contributed by atoms with Gasteiger partial charge in [0.1, 0.15) is 0 Å². The maximum atomic E-state index is 9.15. The minimum atomic E-state index is -5.37. The second-order valence-corrected chi connectivity index (χ2v) is 59.1. The molecule has 0 amide bonds. The van der Waals surface area contributed by atoms with E-state index in [1.807, 2.05) is 0 Å². The zero-order chi connectivity index (χ0) is 40.9. The number of halogens is 2. The summed E-state index contributed by atoms with van der Waals surface area (Å²) in [6, 6.07) is 74.6. The van der Waals surface area contributed by atoms with E-state index < -0.39 is 21.5 Å². The van der Waals surface area contributed by atoms with E-state index in [9.17, 15) is 0 Å². The van der Waals surface area contributed by atoms with E-state index in [1.165, 1.54) is 89.0 Å². The Balaban J connectivity index is 1.29. The third-order valence-electron chi connectivity index (χ3n) is 13.1. The second-order valence-electron chi connectivity index (χ2n) is 16.6. The van der Waals surface area contributed by atoms with Gasteiger partial charge in [0.15, 0.2) is 0 Å². The van der Waals surface area contributed by atoms with Gasteiger partial charge >= 0.3 is 366 Å². The van der Waals surface area contributed by atoms with Crippen LogP contribution in [0.3, 0.4) is 0 Å². The van der Waals surface area contributed by atoms with Crippen LogP contribution >= 0.6 is 17.0 Å². The maximum absolute atomic E-state index is 9.15. The Hall–Kier alpha value is -5.08. The Labute approximate surface area is 363 Å². The van der Waals surface area contributed by atoms with Gasteiger partial charge in [0.25, 0.3) is 0 Å². The van der Waals surface area contributed by atoms with Gasteiger partial charge in [-0.1, -0.05) is 0 Å². The van der Waals surface area contributed by atoms with Crippen LogP contribution in [0.25, 0.3) is 67.8 Å². The number of hydrogen-bond donors (Lipinski definition) is 0. The van der Waals surface area contributed by atoms with Gasteiger partial charge in [-0.05, 0) is 0 Å². The molecule has 0 saturated heterocycles. The molecule has 2 aliphatic rings. The molecule has 0 radical (unpaired) electrons. The molecule has 291 valence electrons. The van der Waals surface area contributed by atoms with E-state index >= 15 is 0 Å². The first-order valence-electron chi connectivity index (χ1n) is 21.0. The van der Waals surface area contributed by atoms with Crippen LogP contribution < -0.4 is 0 Å². The van der Waals surface area contributed by atoms with Gasteiger partial charge in [0.2, 0.25) is 0 Å². The van der Waals surface area contributed by atoms with Gasteiger partial charge in [-0.2, -0.15) is 0 Å². The molecule has 0 fully saturated rings. The fraction of sp³-hybridized carbons (Fsp3) is 0.0714. The Morgan fingerprint density at radius 2 is 0.633 bits per heavy atom. The molecule has 8 aromatic rings. The zero-order valence-corrected chi connectivity index (χ0v) is 38.9. The van der Waals surface area contributed by atoms with Gasteiger partial charge in [0, 0.05) is 0 Å². The molecule has 8 aromatic carbocycles. The van der Waals surface area contributed by atoms with Crippen LogP contribution in [-0.4, -0.2) is 5.92 Å². The quantitative estimate of drug-likeness (QED) is 0.127. The van der Waals surface area contributed by atoms with E-state index in [2.05, 4.69) is 232 Å². The van der Waals surface area contributed by atoms with Gasteiger partial charge in [-0.3, -0.25) is 0 Å². The molecule has 4 heteroatoms. The van der Waals surface area contributed by atoms with Crippen molar-refractivity contribution in [2.24, 2.45) is 0 Å². The molecule has 0 aromatic heterocycles. The van der Waals surface area contributed by atoms with Crippen molar-refractivity contribution in [1.29, 1.82) is 0 Å². The van der Waals surface area contributed by atoms with E-state index in [4.69, 9.17) is 17.0 Å². The zero-order valence-electron chi connectivity index (χ0n) is 33.8. The Morgan fingerprint density at radius 1 is 0.350 bits per heavy atom. The van der Waals surface area contributed by atoms with Gasteiger partial charge in [0.05, 0.1) is 0 Å². The summed E-state index contributed by atoms with van der Waals surface area (Å²) in [4.78, 5) is 0. The van der Waals surface area contributed by atoms with Gasteiger partial charge in [-0.25, -0.2) is 0 Å². The second kappa shape index (κ2) is 15.7. The van der Waals surface area contributed by atoms with Crippen molar-refractivity contribution in [1.82, 2.24) is 0 Å². The Bertz CT molecular complexity index is 2710. The third kappa shape index (κ3) is 6.43. The van der Waals surface area contributed by atoms with E-state index in [0.717, 1.165) is 0 Å². The van der Waals surface area contributed by atoms with E-state index in [-0.39, 0.29) is 7.25 Å². The first-order chi connectivity index (χ1) is 29.3. The molecule has 60 heavy (non-hydrogen) atoms. The number of fused-ring (bicyclic) bond motifs is 2. The molecule has 0 spiro atoms. The molecular weight excluding hydrogens is 863 g/mol. The van der Waals surface area contributed by atoms with Crippen molar-refractivity contribution in [3.8, 4) is 44.5 Å². The standard InChI is InChI=1S/2C27H19.C2H7Si.2ClH.Zr/c2*1-4-10-20(11-5-1)24-18-23-16-17-25(21-12-6-2-7-13-21)27(26(23)19-24)22-14-8-3-9-15-22;1-3-2;;;/h2*1-19H;3H,1-2H3;2*1H;/q;;;;;+2/p-2. The summed E-state index contributed by atoms with van der Waals surface area (Å²) in [5.74, 6) is -1.93. The van der Waals surface area contributed by atoms with Crippen LogP contribution in [0.4, 0.5) is 0 Å². The van der Waals surface area contributed by atoms with Crippen molar-refractivity contribution < 1.29 is 15.6 Å². The molecule has 0 heterocycles. The molecule has 2 unspecified atom stereocenters. The molecule has 2 aliphatic carbocycles. The van der Waals surface area contributed by atoms with Crippen molar-refractivity contribution in [2.45, 2.75) is 20.3 Å². The summed E-state index contributed by atoms with van der Waals surface area (Å²) >= 11 is -5.37. The molecule has 0 N–H and O–H groups in total. The summed E-state index contributed by atoms with van der Waals surface area (Å²) in [6.07, 6.45) is 4.93. The SMILES string of the molecule is C[SiH](C)[Zr]([Cl])([Cl])([CH]1C(c2ccccc2)=Cc2c1ccc(-c1ccccc1)c2-c1ccccc1)[CH]1C(c2ccccc2)=Cc2c1ccc(-c1ccccc1)c2-c1ccccc1. The first kappa shape index (κ1) is 39.1. The molecule has 10 rings (SSSR count). The molecule has 2 atom stereocenters. The monoisotopic (exact) mass is 905 g/mol. The summed E-state index contributed by atoms with van der Waals surface area (Å²) < 4.78 is -0.300. The number of hydrogen-bond acceptors (Lipinski definition) is 0. The van der Waals surface area contributed by atoms with Crippen molar-refractivity contribution in [3.05, 3.63) is 240 Å². The Morgan fingerprint density at radius 3 is 0.933 bits per heavy atom. The Kier molecular flexibility index (Phi) is 10.3. The fourth-order valence-corrected chi connectivity index (χ4v) is 40.3. The van der Waals surface area contributed by atoms with Crippen LogP contribution in [0, 0.1) is 0 Å². The predicted octanol–water partition coefficient (Wildman–Crippen LogP) is 16.2. The summed E-state index contributed by atoms with van der Waals surface area (Å²) in [6.45, 7) is 4.89. The number of rotatable bonds is 9. The van der Waals surface area contributed by atoms with Crippen LogP contribution in [0.2, 0.25) is 13.1 Å². The van der Waals surface area contributed by atoms with Crippen molar-refractivity contribution in [3.63, 3.8) is 0 Å². The van der Waals surface area contributed by atoms with Gasteiger partial charge in [-0.15, -0.1) is 0 Å². The van der Waals surface area contributed by atoms with Crippen LogP contribution in [0.5, 0.6) is 0 Å². The normalized spacial score (nSPS) is 16.4. The van der Waals surface area contributed by atoms with Crippen LogP contribution in [-0.2, 0) is 15.6 Å². The number of allylic oxidation sites excluding steroid dienone is 2. The molecule has 0 nitrogen and oxygen atoms in total. The third-order valence-corrected chi connectivity index (χ3v) is 64.7. The molecule has 0 bridgehead atoms. The summed E-state index contributed by atoms with van der Waals surface area (Å²) in [5, 5.41) is 0. The molecule has 0 saturated carbocycles. The van der Waals surface area contributed by atoms with Crippen LogP contribution in [0.15, 0.2) is 206 Å². The van der Waals surface area contributed by atoms with E-state index in [0.29, 0.717) is 0 Å². The first-order valence-corrected chi connectivity index (χ1v) is 37.3. The summed E-state index contributed by atoms with van der Waals surface area (Å²) in [7, 11) is 18.3. The number of benzene rings is 8. The average Bonchev–Trinajstić information content (AvgIpc) is 3.91. The predicted molar refractivity (Wildman–Crippen MR) is 259 cm³/mol. The van der Waals surface area contributed by atoms with Crippen LogP contribution in [0.1, 0.15) is 40.6 Å². The van der Waals surface area contributed by atoms with Crippen molar-refractivity contribution >= 4 is 46.2 Å². The summed E-state index contributed by atoms with van der Waals surface area (Å²) in [5.41, 5.74) is 19.5. The van der Waals surface area contributed by atoms with Gasteiger partial charge < -0.3 is 0 Å². The van der Waals surface area contributed by atoms with Crippen molar-refractivity contribution in [2.75, 3.05) is 0 Å². The molecular formula is C56H45Cl2SiZr. The molecule has 0 aliphatic heterocycles. The topological polar surface area (TPSA) is 0 Å². The van der Waals surface area contributed by atoms with E-state index in [1.54, 1.807) is 0 Å².